The van der Waals surface area contributed by atoms with E-state index in [1.165, 1.54) is 0 Å². The molecule has 0 atom stereocenters. The maximum Gasteiger partial charge on any atom is 0.277 e. The normalized spacial score (nSPS) is 18.6. The molecule has 2 aliphatic rings. The van der Waals surface area contributed by atoms with Crippen LogP contribution < -0.4 is 4.74 Å². The minimum absolute atomic E-state index is 0.0915. The first-order valence-electron chi connectivity index (χ1n) is 7.15. The van der Waals surface area contributed by atoms with Gasteiger partial charge in [-0.1, -0.05) is 30.2 Å². The van der Waals surface area contributed by atoms with Crippen molar-refractivity contribution in [1.82, 2.24) is 4.90 Å². The Kier molecular flexibility index (Phi) is 3.80. The number of hydrogen-bond acceptors (Lipinski definition) is 3. The monoisotopic (exact) mass is 292 g/mol. The second kappa shape index (κ2) is 5.90. The van der Waals surface area contributed by atoms with Gasteiger partial charge in [0.15, 0.2) is 0 Å². The molecule has 1 aromatic carbocycles. The van der Waals surface area contributed by atoms with Crippen LogP contribution in [0, 0.1) is 12.3 Å². The average molecular weight is 292 g/mol. The average Bonchev–Trinajstić information content (AvgIpc) is 2.79. The minimum Gasteiger partial charge on any atom is -0.479 e. The van der Waals surface area contributed by atoms with Crippen LogP contribution in [0.3, 0.4) is 0 Å². The van der Waals surface area contributed by atoms with Gasteiger partial charge in [0.05, 0.1) is 0 Å². The summed E-state index contributed by atoms with van der Waals surface area (Å²) in [6.45, 7) is 0.170. The Hall–Kier alpha value is -2.80. The molecular formula is C18H16N2O2. The molecule has 1 aliphatic heterocycles. The number of nitrogens with zero attached hydrogens (tertiary/aromatic N) is 2. The number of rotatable bonds is 3. The number of hydrogen-bond donors (Lipinski definition) is 0. The predicted molar refractivity (Wildman–Crippen MR) is 86.0 cm³/mol. The fraction of sp³-hybridized carbons (Fsp3) is 0.222. The fourth-order valence-electron chi connectivity index (χ4n) is 2.60. The number of terminal acetylenes is 1. The van der Waals surface area contributed by atoms with Crippen molar-refractivity contribution in [2.45, 2.75) is 12.8 Å². The standard InChI is InChI=1S/C18H16N2O2/c1-3-12-22-16-11-7-5-9-14(16)19-17-13-8-4-6-10-15(13)20(2)18(17)21/h1,5,7-11H,4,6,12H2,2H3/b19-17+. The van der Waals surface area contributed by atoms with Crippen LogP contribution >= 0.6 is 0 Å². The molecule has 1 fully saturated rings. The van der Waals surface area contributed by atoms with Crippen LogP contribution in [0.1, 0.15) is 12.8 Å². The van der Waals surface area contributed by atoms with Gasteiger partial charge < -0.3 is 9.64 Å². The number of ether oxygens (including phenoxy) is 1. The molecule has 4 nitrogen and oxygen atoms in total. The van der Waals surface area contributed by atoms with Crippen molar-refractivity contribution in [2.24, 2.45) is 4.99 Å². The third-order valence-corrected chi connectivity index (χ3v) is 3.66. The van der Waals surface area contributed by atoms with E-state index in [9.17, 15) is 4.79 Å². The molecule has 1 aromatic rings. The molecule has 0 saturated carbocycles. The van der Waals surface area contributed by atoms with Crippen LogP contribution in [0.15, 0.2) is 52.7 Å². The number of likely N-dealkylation sites (tertiary alicyclic amines) is 1. The van der Waals surface area contributed by atoms with Gasteiger partial charge in [0.2, 0.25) is 0 Å². The molecule has 0 spiro atoms. The molecule has 0 bridgehead atoms. The van der Waals surface area contributed by atoms with E-state index >= 15 is 0 Å². The molecule has 22 heavy (non-hydrogen) atoms. The highest BCUT2D eigenvalue weighted by Crippen LogP contribution is 2.34. The van der Waals surface area contributed by atoms with Crippen LogP contribution in [-0.4, -0.2) is 30.2 Å². The van der Waals surface area contributed by atoms with Gasteiger partial charge in [-0.3, -0.25) is 4.79 Å². The summed E-state index contributed by atoms with van der Waals surface area (Å²) in [5.41, 5.74) is 2.93. The molecule has 3 rings (SSSR count). The highest BCUT2D eigenvalue weighted by Gasteiger charge is 2.35. The second-order valence-corrected chi connectivity index (χ2v) is 5.07. The van der Waals surface area contributed by atoms with Crippen LogP contribution in [0.5, 0.6) is 5.75 Å². The number of allylic oxidation sites excluding steroid dienone is 3. The number of para-hydroxylation sites is 2. The van der Waals surface area contributed by atoms with Crippen LogP contribution in [0.2, 0.25) is 0 Å². The Morgan fingerprint density at radius 2 is 2.09 bits per heavy atom. The van der Waals surface area contributed by atoms with Gasteiger partial charge in [0.1, 0.15) is 23.8 Å². The molecule has 0 radical (unpaired) electrons. The Morgan fingerprint density at radius 1 is 1.32 bits per heavy atom. The number of carbonyl (C=O) groups is 1. The Morgan fingerprint density at radius 3 is 2.91 bits per heavy atom. The summed E-state index contributed by atoms with van der Waals surface area (Å²) in [5.74, 6) is 2.92. The molecular weight excluding hydrogens is 276 g/mol. The lowest BCUT2D eigenvalue weighted by atomic mass is 10.0. The van der Waals surface area contributed by atoms with Gasteiger partial charge in [0, 0.05) is 18.3 Å². The topological polar surface area (TPSA) is 41.9 Å². The summed E-state index contributed by atoms with van der Waals surface area (Å²) in [7, 11) is 1.77. The molecule has 1 heterocycles. The molecule has 1 aliphatic carbocycles. The quantitative estimate of drug-likeness (QED) is 0.804. The first kappa shape index (κ1) is 14.2. The van der Waals surface area contributed by atoms with E-state index in [0.29, 0.717) is 17.1 Å². The van der Waals surface area contributed by atoms with Gasteiger partial charge in [-0.05, 0) is 25.0 Å². The van der Waals surface area contributed by atoms with Crippen LogP contribution in [-0.2, 0) is 4.79 Å². The lowest BCUT2D eigenvalue weighted by Crippen LogP contribution is -2.21. The molecule has 0 aromatic heterocycles. The zero-order chi connectivity index (χ0) is 15.5. The van der Waals surface area contributed by atoms with Crippen molar-refractivity contribution >= 4 is 17.3 Å². The summed E-state index contributed by atoms with van der Waals surface area (Å²) in [6, 6.07) is 7.32. The highest BCUT2D eigenvalue weighted by molar-refractivity contribution is 6.50. The van der Waals surface area contributed by atoms with E-state index in [-0.39, 0.29) is 12.5 Å². The van der Waals surface area contributed by atoms with Crippen molar-refractivity contribution in [3.05, 3.63) is 47.7 Å². The van der Waals surface area contributed by atoms with Gasteiger partial charge in [-0.15, -0.1) is 6.42 Å². The fourth-order valence-corrected chi connectivity index (χ4v) is 2.60. The Labute approximate surface area is 129 Å². The maximum atomic E-state index is 12.4. The number of fused-ring (bicyclic) bond motifs is 1. The molecule has 4 heteroatoms. The predicted octanol–water partition coefficient (Wildman–Crippen LogP) is 2.85. The number of carbonyl (C=O) groups excluding carboxylic acids is 1. The van der Waals surface area contributed by atoms with Crippen molar-refractivity contribution in [3.8, 4) is 18.1 Å². The summed E-state index contributed by atoms with van der Waals surface area (Å²) >= 11 is 0. The first-order valence-corrected chi connectivity index (χ1v) is 7.15. The zero-order valence-corrected chi connectivity index (χ0v) is 12.4. The van der Waals surface area contributed by atoms with E-state index in [2.05, 4.69) is 23.1 Å². The van der Waals surface area contributed by atoms with Gasteiger partial charge in [-0.2, -0.15) is 0 Å². The molecule has 0 N–H and O–H groups in total. The lowest BCUT2D eigenvalue weighted by molar-refractivity contribution is -0.120. The van der Waals surface area contributed by atoms with Crippen molar-refractivity contribution in [2.75, 3.05) is 13.7 Å². The minimum atomic E-state index is -0.0915. The Bertz CT molecular complexity index is 751. The van der Waals surface area contributed by atoms with Crippen LogP contribution in [0.4, 0.5) is 5.69 Å². The summed E-state index contributed by atoms with van der Waals surface area (Å²) in [6.07, 6.45) is 11.3. The third kappa shape index (κ3) is 2.42. The molecule has 1 amide bonds. The lowest BCUT2D eigenvalue weighted by Gasteiger charge is -2.12. The van der Waals surface area contributed by atoms with Crippen molar-refractivity contribution in [1.29, 1.82) is 0 Å². The largest absolute Gasteiger partial charge is 0.479 e. The van der Waals surface area contributed by atoms with Gasteiger partial charge >= 0.3 is 0 Å². The molecule has 0 unspecified atom stereocenters. The van der Waals surface area contributed by atoms with E-state index in [1.54, 1.807) is 18.0 Å². The first-order chi connectivity index (χ1) is 10.7. The number of benzene rings is 1. The smallest absolute Gasteiger partial charge is 0.277 e. The SMILES string of the molecule is C#CCOc1ccccc1/N=C1/C(=O)N(C)C2=CCCC=C21. The Balaban J connectivity index is 2.02. The number of amides is 1. The number of aliphatic imine (C=N–C) groups is 1. The van der Waals surface area contributed by atoms with Crippen molar-refractivity contribution in [3.63, 3.8) is 0 Å². The van der Waals surface area contributed by atoms with E-state index in [0.717, 1.165) is 24.1 Å². The van der Waals surface area contributed by atoms with E-state index < -0.39 is 0 Å². The van der Waals surface area contributed by atoms with E-state index in [4.69, 9.17) is 11.2 Å². The second-order valence-electron chi connectivity index (χ2n) is 5.07. The maximum absolute atomic E-state index is 12.4. The third-order valence-electron chi connectivity index (χ3n) is 3.66. The number of likely N-dealkylation sites (N-methyl/N-ethyl adjacent to an activating group) is 1. The summed E-state index contributed by atoms with van der Waals surface area (Å²) in [5, 5.41) is 0. The highest BCUT2D eigenvalue weighted by atomic mass is 16.5. The van der Waals surface area contributed by atoms with Gasteiger partial charge in [0.25, 0.3) is 5.91 Å². The van der Waals surface area contributed by atoms with Crippen molar-refractivity contribution < 1.29 is 9.53 Å². The summed E-state index contributed by atoms with van der Waals surface area (Å²) in [4.78, 5) is 18.6. The van der Waals surface area contributed by atoms with Crippen LogP contribution in [0.25, 0.3) is 0 Å². The zero-order valence-electron chi connectivity index (χ0n) is 12.4. The molecule has 110 valence electrons. The van der Waals surface area contributed by atoms with Gasteiger partial charge in [-0.25, -0.2) is 4.99 Å². The molecule has 1 saturated heterocycles. The van der Waals surface area contributed by atoms with E-state index in [1.807, 2.05) is 18.2 Å². The summed E-state index contributed by atoms with van der Waals surface area (Å²) < 4.78 is 5.49.